The summed E-state index contributed by atoms with van der Waals surface area (Å²) in [5.74, 6) is 1.67. The third-order valence-corrected chi connectivity index (χ3v) is 3.31. The van der Waals surface area contributed by atoms with E-state index in [2.05, 4.69) is 5.32 Å². The van der Waals surface area contributed by atoms with Gasteiger partial charge < -0.3 is 11.1 Å². The normalized spacial score (nSPS) is 20.2. The van der Waals surface area contributed by atoms with E-state index in [0.717, 1.165) is 5.75 Å². The van der Waals surface area contributed by atoms with E-state index < -0.39 is 0 Å². The van der Waals surface area contributed by atoms with Crippen LogP contribution in [0.4, 0.5) is 0 Å². The Kier molecular flexibility index (Phi) is 4.75. The van der Waals surface area contributed by atoms with Gasteiger partial charge in [-0.05, 0) is 31.9 Å². The molecule has 1 aliphatic rings. The second-order valence-electron chi connectivity index (χ2n) is 4.13. The fourth-order valence-corrected chi connectivity index (χ4v) is 2.11. The summed E-state index contributed by atoms with van der Waals surface area (Å²) in [7, 11) is 0. The van der Waals surface area contributed by atoms with Crippen molar-refractivity contribution in [1.82, 2.24) is 5.32 Å². The van der Waals surface area contributed by atoms with Crippen molar-refractivity contribution in [1.29, 1.82) is 0 Å². The number of nitrogens with two attached hydrogens (primary N) is 1. The molecule has 0 spiro atoms. The van der Waals surface area contributed by atoms with Crippen molar-refractivity contribution in [2.45, 2.75) is 38.3 Å². The molecule has 0 aromatic carbocycles. The SMILES string of the molecule is CSCC(C)NC(=O)CC(N)C1CC1. The van der Waals surface area contributed by atoms with Gasteiger partial charge in [0.05, 0.1) is 0 Å². The third-order valence-electron chi connectivity index (χ3n) is 2.47. The molecule has 82 valence electrons. The molecule has 0 radical (unpaired) electrons. The first-order chi connectivity index (χ1) is 6.63. The van der Waals surface area contributed by atoms with Gasteiger partial charge in [0.2, 0.25) is 5.91 Å². The molecule has 0 aromatic heterocycles. The predicted octanol–water partition coefficient (Wildman–Crippen LogP) is 0.982. The van der Waals surface area contributed by atoms with Crippen LogP contribution in [-0.2, 0) is 4.79 Å². The number of hydrogen-bond acceptors (Lipinski definition) is 3. The van der Waals surface area contributed by atoms with E-state index in [1.807, 2.05) is 13.2 Å². The highest BCUT2D eigenvalue weighted by molar-refractivity contribution is 7.98. The highest BCUT2D eigenvalue weighted by atomic mass is 32.2. The lowest BCUT2D eigenvalue weighted by Gasteiger charge is -2.14. The summed E-state index contributed by atoms with van der Waals surface area (Å²) in [5, 5.41) is 2.95. The molecule has 3 nitrogen and oxygen atoms in total. The number of hydrogen-bond donors (Lipinski definition) is 2. The van der Waals surface area contributed by atoms with Gasteiger partial charge in [-0.1, -0.05) is 0 Å². The summed E-state index contributed by atoms with van der Waals surface area (Å²) >= 11 is 1.74. The van der Waals surface area contributed by atoms with Crippen molar-refractivity contribution >= 4 is 17.7 Å². The lowest BCUT2D eigenvalue weighted by Crippen LogP contribution is -2.38. The zero-order valence-corrected chi connectivity index (χ0v) is 9.77. The molecule has 2 atom stereocenters. The van der Waals surface area contributed by atoms with Crippen molar-refractivity contribution < 1.29 is 4.79 Å². The molecule has 0 heterocycles. The molecule has 0 saturated heterocycles. The van der Waals surface area contributed by atoms with Crippen LogP contribution in [0.15, 0.2) is 0 Å². The fraction of sp³-hybridized carbons (Fsp3) is 0.900. The molecule has 1 fully saturated rings. The highest BCUT2D eigenvalue weighted by Gasteiger charge is 2.29. The van der Waals surface area contributed by atoms with Crippen LogP contribution >= 0.6 is 11.8 Å². The Morgan fingerprint density at radius 2 is 2.29 bits per heavy atom. The zero-order valence-electron chi connectivity index (χ0n) is 8.95. The fourth-order valence-electron chi connectivity index (χ4n) is 1.53. The summed E-state index contributed by atoms with van der Waals surface area (Å²) in [4.78, 5) is 11.5. The average Bonchev–Trinajstić information content (AvgIpc) is 2.85. The lowest BCUT2D eigenvalue weighted by atomic mass is 10.1. The van der Waals surface area contributed by atoms with Crippen LogP contribution in [0, 0.1) is 5.92 Å². The third kappa shape index (κ3) is 4.33. The molecule has 14 heavy (non-hydrogen) atoms. The number of rotatable bonds is 6. The highest BCUT2D eigenvalue weighted by Crippen LogP contribution is 2.32. The summed E-state index contributed by atoms with van der Waals surface area (Å²) in [6.45, 7) is 2.02. The van der Waals surface area contributed by atoms with E-state index in [1.54, 1.807) is 11.8 Å². The van der Waals surface area contributed by atoms with Crippen molar-refractivity contribution in [3.8, 4) is 0 Å². The largest absolute Gasteiger partial charge is 0.353 e. The van der Waals surface area contributed by atoms with Crippen LogP contribution in [0.25, 0.3) is 0 Å². The van der Waals surface area contributed by atoms with Gasteiger partial charge in [-0.15, -0.1) is 0 Å². The number of nitrogens with one attached hydrogen (secondary N) is 1. The van der Waals surface area contributed by atoms with Crippen molar-refractivity contribution in [2.75, 3.05) is 12.0 Å². The van der Waals surface area contributed by atoms with E-state index in [4.69, 9.17) is 5.73 Å². The lowest BCUT2D eigenvalue weighted by molar-refractivity contribution is -0.121. The summed E-state index contributed by atoms with van der Waals surface area (Å²) < 4.78 is 0. The van der Waals surface area contributed by atoms with Crippen molar-refractivity contribution in [3.05, 3.63) is 0 Å². The number of carbonyl (C=O) groups is 1. The van der Waals surface area contributed by atoms with Gasteiger partial charge in [0.15, 0.2) is 0 Å². The number of thioether (sulfide) groups is 1. The van der Waals surface area contributed by atoms with E-state index in [-0.39, 0.29) is 18.0 Å². The van der Waals surface area contributed by atoms with E-state index in [9.17, 15) is 4.79 Å². The number of carbonyl (C=O) groups excluding carboxylic acids is 1. The Morgan fingerprint density at radius 1 is 1.64 bits per heavy atom. The molecular weight excluding hydrogens is 196 g/mol. The molecule has 0 bridgehead atoms. The Bertz CT molecular complexity index is 195. The first-order valence-electron chi connectivity index (χ1n) is 5.17. The van der Waals surface area contributed by atoms with Crippen LogP contribution < -0.4 is 11.1 Å². The maximum Gasteiger partial charge on any atom is 0.221 e. The average molecular weight is 216 g/mol. The molecule has 1 rings (SSSR count). The Labute approximate surface area is 90.2 Å². The maximum absolute atomic E-state index is 11.5. The van der Waals surface area contributed by atoms with Crippen LogP contribution in [0.1, 0.15) is 26.2 Å². The van der Waals surface area contributed by atoms with Crippen LogP contribution in [-0.4, -0.2) is 30.0 Å². The Hall–Kier alpha value is -0.220. The Morgan fingerprint density at radius 3 is 2.79 bits per heavy atom. The Balaban J connectivity index is 2.13. The standard InChI is InChI=1S/C10H20N2OS/c1-7(6-14-2)12-10(13)5-9(11)8-3-4-8/h7-9H,3-6,11H2,1-2H3,(H,12,13). The molecule has 1 saturated carbocycles. The minimum Gasteiger partial charge on any atom is -0.353 e. The minimum absolute atomic E-state index is 0.0801. The van der Waals surface area contributed by atoms with Gasteiger partial charge >= 0.3 is 0 Å². The second kappa shape index (κ2) is 5.61. The molecule has 1 amide bonds. The summed E-state index contributed by atoms with van der Waals surface area (Å²) in [6.07, 6.45) is 4.94. The first-order valence-corrected chi connectivity index (χ1v) is 6.56. The molecule has 4 heteroatoms. The molecule has 0 aromatic rings. The topological polar surface area (TPSA) is 55.1 Å². The van der Waals surface area contributed by atoms with Gasteiger partial charge in [-0.3, -0.25) is 4.79 Å². The second-order valence-corrected chi connectivity index (χ2v) is 5.04. The zero-order chi connectivity index (χ0) is 10.6. The molecule has 3 N–H and O–H groups in total. The van der Waals surface area contributed by atoms with Crippen molar-refractivity contribution in [2.24, 2.45) is 11.7 Å². The van der Waals surface area contributed by atoms with Gasteiger partial charge in [0, 0.05) is 24.3 Å². The molecule has 1 aliphatic carbocycles. The van der Waals surface area contributed by atoms with E-state index in [0.29, 0.717) is 12.3 Å². The summed E-state index contributed by atoms with van der Waals surface area (Å²) in [6, 6.07) is 0.334. The van der Waals surface area contributed by atoms with Crippen LogP contribution in [0.2, 0.25) is 0 Å². The van der Waals surface area contributed by atoms with E-state index in [1.165, 1.54) is 12.8 Å². The van der Waals surface area contributed by atoms with Gasteiger partial charge in [-0.25, -0.2) is 0 Å². The van der Waals surface area contributed by atoms with Gasteiger partial charge in [-0.2, -0.15) is 11.8 Å². The van der Waals surface area contributed by atoms with Crippen LogP contribution in [0.5, 0.6) is 0 Å². The predicted molar refractivity (Wildman–Crippen MR) is 61.3 cm³/mol. The smallest absolute Gasteiger partial charge is 0.221 e. The van der Waals surface area contributed by atoms with Crippen molar-refractivity contribution in [3.63, 3.8) is 0 Å². The van der Waals surface area contributed by atoms with E-state index >= 15 is 0 Å². The monoisotopic (exact) mass is 216 g/mol. The van der Waals surface area contributed by atoms with Crippen LogP contribution in [0.3, 0.4) is 0 Å². The minimum atomic E-state index is 0.0801. The number of amides is 1. The first kappa shape index (κ1) is 11.9. The summed E-state index contributed by atoms with van der Waals surface area (Å²) in [5.41, 5.74) is 5.86. The van der Waals surface area contributed by atoms with Gasteiger partial charge in [0.1, 0.15) is 0 Å². The maximum atomic E-state index is 11.5. The molecular formula is C10H20N2OS. The molecule has 0 aliphatic heterocycles. The molecule has 2 unspecified atom stereocenters. The quantitative estimate of drug-likeness (QED) is 0.696. The van der Waals surface area contributed by atoms with Gasteiger partial charge in [0.25, 0.3) is 0 Å².